The van der Waals surface area contributed by atoms with Crippen molar-refractivity contribution in [2.75, 3.05) is 10.2 Å². The Morgan fingerprint density at radius 3 is 1.71 bits per heavy atom. The first-order valence-electron chi connectivity index (χ1n) is 12.3. The summed E-state index contributed by atoms with van der Waals surface area (Å²) in [5.74, 6) is 0.523. The molecule has 3 aromatic carbocycles. The van der Waals surface area contributed by atoms with Crippen LogP contribution in [-0.2, 0) is 13.1 Å². The van der Waals surface area contributed by atoms with Crippen LogP contribution in [0.2, 0.25) is 0 Å². The minimum atomic E-state index is -0.321. The summed E-state index contributed by atoms with van der Waals surface area (Å²) in [6, 6.07) is 28.6. The van der Waals surface area contributed by atoms with E-state index in [1.807, 2.05) is 36.4 Å². The second-order valence-corrected chi connectivity index (χ2v) is 11.2. The lowest BCUT2D eigenvalue weighted by molar-refractivity contribution is 0.298. The van der Waals surface area contributed by atoms with Crippen molar-refractivity contribution in [1.82, 2.24) is 0 Å². The molecule has 0 unspecified atom stereocenters. The highest BCUT2D eigenvalue weighted by Crippen LogP contribution is 2.38. The number of nitrogens with zero attached hydrogens (tertiary/aromatic N) is 1. The van der Waals surface area contributed by atoms with Gasteiger partial charge in [-0.1, -0.05) is 99.6 Å². The monoisotopic (exact) mass is 468 g/mol. The maximum atomic E-state index is 13.0. The summed E-state index contributed by atoms with van der Waals surface area (Å²) in [6.45, 7) is 12.4. The highest BCUT2D eigenvalue weighted by molar-refractivity contribution is 5.98. The molecule has 0 spiro atoms. The Labute approximate surface area is 208 Å². The van der Waals surface area contributed by atoms with Crippen molar-refractivity contribution in [3.05, 3.63) is 106 Å². The molecule has 4 nitrogen and oxygen atoms in total. The fourth-order valence-corrected chi connectivity index (χ4v) is 5.08. The molecule has 0 bridgehead atoms. The first-order valence-corrected chi connectivity index (χ1v) is 12.3. The molecular weight excluding hydrogens is 432 g/mol. The maximum Gasteiger partial charge on any atom is 0.345 e. The van der Waals surface area contributed by atoms with Crippen LogP contribution < -0.4 is 15.8 Å². The van der Waals surface area contributed by atoms with E-state index >= 15 is 0 Å². The topological polar surface area (TPSA) is 45.5 Å². The number of hydrogen-bond donors (Lipinski definition) is 1. The number of hydrogen-bond acceptors (Lipinski definition) is 4. The molecule has 182 valence electrons. The summed E-state index contributed by atoms with van der Waals surface area (Å²) < 4.78 is 6.02. The quantitative estimate of drug-likeness (QED) is 0.289. The van der Waals surface area contributed by atoms with Gasteiger partial charge in [-0.05, 0) is 42.9 Å². The number of benzene rings is 3. The minimum absolute atomic E-state index is 0.113. The van der Waals surface area contributed by atoms with Gasteiger partial charge >= 0.3 is 5.63 Å². The van der Waals surface area contributed by atoms with Crippen molar-refractivity contribution in [3.63, 3.8) is 0 Å². The lowest BCUT2D eigenvalue weighted by atomic mass is 9.82. The smallest absolute Gasteiger partial charge is 0.345 e. The van der Waals surface area contributed by atoms with Gasteiger partial charge < -0.3 is 14.6 Å². The number of fused-ring (bicyclic) bond motifs is 1. The average Bonchev–Trinajstić information content (AvgIpc) is 2.78. The molecule has 0 amide bonds. The Morgan fingerprint density at radius 2 is 1.20 bits per heavy atom. The third-order valence-corrected chi connectivity index (χ3v) is 5.98. The van der Waals surface area contributed by atoms with Crippen LogP contribution >= 0.6 is 0 Å². The molecule has 0 radical (unpaired) electrons. The van der Waals surface area contributed by atoms with Crippen LogP contribution in [0, 0.1) is 5.41 Å². The lowest BCUT2D eigenvalue weighted by Crippen LogP contribution is -2.36. The largest absolute Gasteiger partial charge is 0.404 e. The van der Waals surface area contributed by atoms with Crippen LogP contribution in [0.3, 0.4) is 0 Å². The molecule has 4 heteroatoms. The van der Waals surface area contributed by atoms with Crippen LogP contribution in [0.15, 0.2) is 94.1 Å². The van der Waals surface area contributed by atoms with Gasteiger partial charge in [0.1, 0.15) is 5.69 Å². The molecule has 0 fully saturated rings. The molecule has 0 aliphatic rings. The lowest BCUT2D eigenvalue weighted by Gasteiger charge is -2.35. The van der Waals surface area contributed by atoms with Crippen molar-refractivity contribution >= 4 is 22.3 Å². The summed E-state index contributed by atoms with van der Waals surface area (Å²) in [5, 5.41) is 5.10. The van der Waals surface area contributed by atoms with E-state index in [2.05, 4.69) is 93.4 Å². The van der Waals surface area contributed by atoms with Gasteiger partial charge in [0.2, 0.25) is 5.88 Å². The molecule has 1 N–H and O–H groups in total. The summed E-state index contributed by atoms with van der Waals surface area (Å²) >= 11 is 0. The highest BCUT2D eigenvalue weighted by Gasteiger charge is 2.29. The van der Waals surface area contributed by atoms with Gasteiger partial charge in [0.05, 0.1) is 5.39 Å². The molecule has 0 saturated heterocycles. The molecule has 4 aromatic rings. The molecular formula is C31H36N2O2. The second-order valence-electron chi connectivity index (χ2n) is 11.2. The van der Waals surface area contributed by atoms with Crippen molar-refractivity contribution in [3.8, 4) is 0 Å². The van der Waals surface area contributed by atoms with Crippen molar-refractivity contribution < 1.29 is 4.42 Å². The van der Waals surface area contributed by atoms with E-state index in [9.17, 15) is 4.79 Å². The minimum Gasteiger partial charge on any atom is -0.404 e. The van der Waals surface area contributed by atoms with E-state index in [0.717, 1.165) is 17.5 Å². The van der Waals surface area contributed by atoms with E-state index in [1.165, 1.54) is 11.1 Å². The molecule has 0 aliphatic heterocycles. The van der Waals surface area contributed by atoms with Gasteiger partial charge in [-0.15, -0.1) is 0 Å². The third kappa shape index (κ3) is 6.33. The van der Waals surface area contributed by atoms with Gasteiger partial charge in [-0.3, -0.25) is 0 Å². The average molecular weight is 469 g/mol. The van der Waals surface area contributed by atoms with Gasteiger partial charge in [-0.2, -0.15) is 0 Å². The molecule has 4 rings (SSSR count). The van der Waals surface area contributed by atoms with E-state index in [1.54, 1.807) is 0 Å². The third-order valence-electron chi connectivity index (χ3n) is 5.98. The zero-order valence-electron chi connectivity index (χ0n) is 21.5. The summed E-state index contributed by atoms with van der Waals surface area (Å²) in [7, 11) is 0. The van der Waals surface area contributed by atoms with Crippen LogP contribution in [0.25, 0.3) is 10.8 Å². The fourth-order valence-electron chi connectivity index (χ4n) is 5.08. The normalized spacial score (nSPS) is 12.0. The predicted octanol–water partition coefficient (Wildman–Crippen LogP) is 7.63. The SMILES string of the molecule is CC(C)(C)CC(C)(C)Nc1oc(=O)c2ccccc2c1N(Cc1ccccc1)Cc1ccccc1. The molecule has 0 atom stereocenters. The van der Waals surface area contributed by atoms with E-state index in [-0.39, 0.29) is 16.6 Å². The fraction of sp³-hybridized carbons (Fsp3) is 0.323. The summed E-state index contributed by atoms with van der Waals surface area (Å²) in [6.07, 6.45) is 0.910. The molecule has 1 aromatic heterocycles. The second kappa shape index (κ2) is 9.99. The Balaban J connectivity index is 1.88. The van der Waals surface area contributed by atoms with Crippen molar-refractivity contribution in [2.45, 2.75) is 59.7 Å². The van der Waals surface area contributed by atoms with Crippen LogP contribution in [-0.4, -0.2) is 5.54 Å². The maximum absolute atomic E-state index is 13.0. The van der Waals surface area contributed by atoms with Crippen molar-refractivity contribution in [1.29, 1.82) is 0 Å². The zero-order chi connectivity index (χ0) is 25.1. The van der Waals surface area contributed by atoms with Crippen molar-refractivity contribution in [2.24, 2.45) is 5.41 Å². The van der Waals surface area contributed by atoms with Gasteiger partial charge in [0.15, 0.2) is 0 Å². The Bertz CT molecular complexity index is 1280. The van der Waals surface area contributed by atoms with Gasteiger partial charge in [-0.25, -0.2) is 4.79 Å². The van der Waals surface area contributed by atoms with Crippen LogP contribution in [0.5, 0.6) is 0 Å². The molecule has 35 heavy (non-hydrogen) atoms. The van der Waals surface area contributed by atoms with E-state index < -0.39 is 0 Å². The number of nitrogens with one attached hydrogen (secondary N) is 1. The molecule has 0 aliphatic carbocycles. The van der Waals surface area contributed by atoms with Crippen LogP contribution in [0.1, 0.15) is 52.2 Å². The predicted molar refractivity (Wildman–Crippen MR) is 147 cm³/mol. The van der Waals surface area contributed by atoms with Crippen LogP contribution in [0.4, 0.5) is 11.6 Å². The first kappa shape index (κ1) is 24.6. The van der Waals surface area contributed by atoms with E-state index in [4.69, 9.17) is 4.42 Å². The Kier molecular flexibility index (Phi) is 7.02. The number of anilines is 2. The van der Waals surface area contributed by atoms with Gasteiger partial charge in [0.25, 0.3) is 0 Å². The molecule has 0 saturated carbocycles. The Hall–Kier alpha value is -3.53. The standard InChI is InChI=1S/C31H36N2O2/c1-30(2,3)22-31(4,5)32-28-27(25-18-12-13-19-26(25)29(34)35-28)33(20-23-14-8-6-9-15-23)21-24-16-10-7-11-17-24/h6-19,32H,20-22H2,1-5H3. The van der Waals surface area contributed by atoms with Gasteiger partial charge in [0, 0.05) is 24.0 Å². The summed E-state index contributed by atoms with van der Waals surface area (Å²) in [4.78, 5) is 15.3. The van der Waals surface area contributed by atoms with E-state index in [0.29, 0.717) is 24.4 Å². The highest BCUT2D eigenvalue weighted by atomic mass is 16.4. The summed E-state index contributed by atoms with van der Waals surface area (Å²) in [5.41, 5.74) is 2.81. The number of rotatable bonds is 8. The zero-order valence-corrected chi connectivity index (χ0v) is 21.5. The first-order chi connectivity index (χ1) is 16.6. The molecule has 1 heterocycles. The Morgan fingerprint density at radius 1 is 0.714 bits per heavy atom.